The van der Waals surface area contributed by atoms with Crippen LogP contribution in [0.15, 0.2) is 0 Å². The fraction of sp³-hybridized carbons (Fsp3) is 1.00. The molecule has 0 aliphatic carbocycles. The van der Waals surface area contributed by atoms with Crippen molar-refractivity contribution in [1.82, 2.24) is 0 Å². The number of ether oxygens (including phenoxy) is 2. The predicted octanol–water partition coefficient (Wildman–Crippen LogP) is 3.91. The van der Waals surface area contributed by atoms with Gasteiger partial charge in [0.2, 0.25) is 0 Å². The first-order chi connectivity index (χ1) is 8.18. The summed E-state index contributed by atoms with van der Waals surface area (Å²) < 4.78 is 120. The quantitative estimate of drug-likeness (QED) is 0.720. The molecule has 11 heteroatoms. The van der Waals surface area contributed by atoms with Gasteiger partial charge in [0, 0.05) is 0 Å². The summed E-state index contributed by atoms with van der Waals surface area (Å²) in [5, 5.41) is 0. The molecule has 1 heterocycles. The van der Waals surface area contributed by atoms with Gasteiger partial charge in [0.25, 0.3) is 0 Å². The highest BCUT2D eigenvalue weighted by molar-refractivity contribution is 5.04. The average molecular weight is 306 g/mol. The number of hydrogen-bond donors (Lipinski definition) is 0. The van der Waals surface area contributed by atoms with Crippen molar-refractivity contribution in [2.24, 2.45) is 0 Å². The van der Waals surface area contributed by atoms with Crippen LogP contribution in [0, 0.1) is 0 Å². The van der Waals surface area contributed by atoms with E-state index in [1.165, 1.54) is 0 Å². The highest BCUT2D eigenvalue weighted by Gasteiger charge is 2.80. The maximum Gasteiger partial charge on any atom is 0.525 e. The van der Waals surface area contributed by atoms with Crippen LogP contribution in [0.2, 0.25) is 0 Å². The third-order valence-electron chi connectivity index (χ3n) is 2.53. The minimum Gasteiger partial charge on any atom is -0.250 e. The minimum atomic E-state index is -6.01. The summed E-state index contributed by atoms with van der Waals surface area (Å²) in [6, 6.07) is 0. The molecule has 2 unspecified atom stereocenters. The number of rotatable bonds is 2. The molecule has 0 aromatic carbocycles. The molecule has 0 aromatic rings. The lowest BCUT2D eigenvalue weighted by Gasteiger charge is -2.47. The summed E-state index contributed by atoms with van der Waals surface area (Å²) >= 11 is 0. The Morgan fingerprint density at radius 3 is 1.89 bits per heavy atom. The van der Waals surface area contributed by atoms with E-state index in [-0.39, 0.29) is 0 Å². The molecule has 0 bridgehead atoms. The van der Waals surface area contributed by atoms with Crippen molar-refractivity contribution >= 4 is 0 Å². The van der Waals surface area contributed by atoms with Gasteiger partial charge in [-0.25, -0.2) is 9.13 Å². The summed E-state index contributed by atoms with van der Waals surface area (Å²) in [4.78, 5) is 0. The van der Waals surface area contributed by atoms with Gasteiger partial charge in [-0.1, -0.05) is 6.92 Å². The zero-order valence-corrected chi connectivity index (χ0v) is 9.13. The Morgan fingerprint density at radius 1 is 1.05 bits per heavy atom. The van der Waals surface area contributed by atoms with Crippen LogP contribution in [-0.4, -0.2) is 30.1 Å². The molecule has 1 rings (SSSR count). The molecule has 0 aromatic heterocycles. The highest BCUT2D eigenvalue weighted by atomic mass is 19.4. The topological polar surface area (TPSA) is 18.5 Å². The van der Waals surface area contributed by atoms with Gasteiger partial charge >= 0.3 is 24.4 Å². The van der Waals surface area contributed by atoms with Crippen LogP contribution in [0.1, 0.15) is 19.8 Å². The van der Waals surface area contributed by atoms with Crippen LogP contribution in [-0.2, 0) is 9.47 Å². The van der Waals surface area contributed by atoms with E-state index >= 15 is 0 Å². The van der Waals surface area contributed by atoms with Gasteiger partial charge in [-0.15, -0.1) is 13.2 Å². The van der Waals surface area contributed by atoms with Crippen molar-refractivity contribution in [3.8, 4) is 0 Å². The van der Waals surface area contributed by atoms with Gasteiger partial charge in [-0.05, 0) is 6.42 Å². The summed E-state index contributed by atoms with van der Waals surface area (Å²) in [5.74, 6) is -5.41. The van der Waals surface area contributed by atoms with Gasteiger partial charge < -0.3 is 0 Å². The molecule has 2 atom stereocenters. The first-order valence-corrected chi connectivity index (χ1v) is 4.79. The van der Waals surface area contributed by atoms with Gasteiger partial charge in [0.1, 0.15) is 0 Å². The molecule has 1 aliphatic heterocycles. The lowest BCUT2D eigenvalue weighted by Crippen LogP contribution is -2.69. The smallest absolute Gasteiger partial charge is 0.250 e. The third kappa shape index (κ3) is 2.76. The van der Waals surface area contributed by atoms with E-state index in [0.717, 1.165) is 0 Å². The molecule has 1 aliphatic rings. The average Bonchev–Trinajstić information content (AvgIpc) is 2.09. The Kier molecular flexibility index (Phi) is 3.56. The zero-order valence-electron chi connectivity index (χ0n) is 9.13. The van der Waals surface area contributed by atoms with Crippen LogP contribution in [0.5, 0.6) is 0 Å². The summed E-state index contributed by atoms with van der Waals surface area (Å²) in [5.41, 5.74) is -4.28. The lowest BCUT2D eigenvalue weighted by molar-refractivity contribution is -0.545. The molecule has 1 fully saturated rings. The second kappa shape index (κ2) is 4.14. The Morgan fingerprint density at radius 2 is 1.53 bits per heavy atom. The molecule has 0 saturated carbocycles. The fourth-order valence-corrected chi connectivity index (χ4v) is 1.65. The van der Waals surface area contributed by atoms with E-state index in [1.54, 1.807) is 0 Å². The predicted molar refractivity (Wildman–Crippen MR) is 40.7 cm³/mol. The first kappa shape index (κ1) is 16.3. The summed E-state index contributed by atoms with van der Waals surface area (Å²) in [7, 11) is 0. The Balaban J connectivity index is 3.31. The van der Waals surface area contributed by atoms with Crippen LogP contribution in [0.3, 0.4) is 0 Å². The van der Waals surface area contributed by atoms with Crippen LogP contribution < -0.4 is 0 Å². The first-order valence-electron chi connectivity index (χ1n) is 4.79. The number of alkyl halides is 9. The van der Waals surface area contributed by atoms with E-state index in [4.69, 9.17) is 0 Å². The molecule has 19 heavy (non-hydrogen) atoms. The van der Waals surface area contributed by atoms with E-state index in [9.17, 15) is 39.5 Å². The van der Waals surface area contributed by atoms with Crippen molar-refractivity contribution < 1.29 is 49.0 Å². The second-order valence-electron chi connectivity index (χ2n) is 3.89. The number of hydrogen-bond acceptors (Lipinski definition) is 2. The molecule has 114 valence electrons. The molecular formula is C8H7F9O2. The Labute approximate surface area is 100 Å². The van der Waals surface area contributed by atoms with Gasteiger partial charge in [-0.2, -0.15) is 22.0 Å². The summed E-state index contributed by atoms with van der Waals surface area (Å²) in [6.45, 7) is 0.617. The molecule has 2 nitrogen and oxygen atoms in total. The van der Waals surface area contributed by atoms with Gasteiger partial charge in [0.15, 0.2) is 5.67 Å². The van der Waals surface area contributed by atoms with Crippen molar-refractivity contribution in [3.05, 3.63) is 0 Å². The molecule has 0 spiro atoms. The van der Waals surface area contributed by atoms with Crippen molar-refractivity contribution in [1.29, 1.82) is 0 Å². The highest BCUT2D eigenvalue weighted by Crippen LogP contribution is 2.58. The van der Waals surface area contributed by atoms with E-state index in [2.05, 4.69) is 9.47 Å². The van der Waals surface area contributed by atoms with E-state index < -0.39 is 42.9 Å². The maximum atomic E-state index is 13.8. The molecule has 0 amide bonds. The fourth-order valence-electron chi connectivity index (χ4n) is 1.65. The Bertz CT molecular complexity index is 355. The van der Waals surface area contributed by atoms with Crippen LogP contribution >= 0.6 is 0 Å². The van der Waals surface area contributed by atoms with Crippen molar-refractivity contribution in [2.75, 3.05) is 0 Å². The second-order valence-corrected chi connectivity index (χ2v) is 3.89. The number of halogens is 9. The van der Waals surface area contributed by atoms with E-state index in [0.29, 0.717) is 6.92 Å². The van der Waals surface area contributed by atoms with Gasteiger partial charge in [-0.3, -0.25) is 4.74 Å². The minimum absolute atomic E-state index is 0.617. The zero-order chi connectivity index (χ0) is 15.3. The normalized spacial score (nSPS) is 38.2. The van der Waals surface area contributed by atoms with Crippen LogP contribution in [0.4, 0.5) is 39.5 Å². The monoisotopic (exact) mass is 306 g/mol. The summed E-state index contributed by atoms with van der Waals surface area (Å²) in [6.07, 6.45) is -20.4. The third-order valence-corrected chi connectivity index (χ3v) is 2.53. The van der Waals surface area contributed by atoms with Crippen molar-refractivity contribution in [2.45, 2.75) is 49.9 Å². The SMILES string of the molecule is CCC1(F)CC(F)(F)OC(F)(F)C1(F)OC(F)(F)F. The van der Waals surface area contributed by atoms with Crippen LogP contribution in [0.25, 0.3) is 0 Å². The maximum absolute atomic E-state index is 13.8. The molecular weight excluding hydrogens is 299 g/mol. The molecule has 0 N–H and O–H groups in total. The van der Waals surface area contributed by atoms with Gasteiger partial charge in [0.05, 0.1) is 6.42 Å². The molecule has 0 radical (unpaired) electrons. The lowest BCUT2D eigenvalue weighted by atomic mass is 9.86. The molecule has 1 saturated heterocycles. The van der Waals surface area contributed by atoms with E-state index in [1.807, 2.05) is 0 Å². The van der Waals surface area contributed by atoms with Crippen molar-refractivity contribution in [3.63, 3.8) is 0 Å². The standard InChI is InChI=1S/C8H7F9O2/c1-2-4(9)3-5(10,11)18-7(13,14)6(4,12)19-8(15,16)17/h2-3H2,1H3. The largest absolute Gasteiger partial charge is 0.525 e. The Hall–Kier alpha value is -0.710.